The van der Waals surface area contributed by atoms with E-state index < -0.39 is 0 Å². The molecule has 0 amide bonds. The smallest absolute Gasteiger partial charge is 0.130 e. The van der Waals surface area contributed by atoms with Crippen LogP contribution in [-0.2, 0) is 0 Å². The summed E-state index contributed by atoms with van der Waals surface area (Å²) < 4.78 is 5.34. The van der Waals surface area contributed by atoms with Gasteiger partial charge in [0.15, 0.2) is 0 Å². The molecular weight excluding hydrogens is 166 g/mol. The number of hydrogen-bond acceptors (Lipinski definition) is 3. The minimum absolute atomic E-state index is 0.0533. The minimum Gasteiger partial charge on any atom is -0.489 e. The number of ether oxygens (including phenoxy) is 1. The van der Waals surface area contributed by atoms with Crippen molar-refractivity contribution >= 4 is 11.4 Å². The number of nitrogens with two attached hydrogens (primary N) is 1. The van der Waals surface area contributed by atoms with Crippen LogP contribution in [0, 0.1) is 5.41 Å². The summed E-state index contributed by atoms with van der Waals surface area (Å²) >= 11 is 0. The summed E-state index contributed by atoms with van der Waals surface area (Å²) in [5.41, 5.74) is 6.91. The van der Waals surface area contributed by atoms with Gasteiger partial charge in [-0.15, -0.1) is 0 Å². The normalized spacial score (nSPS) is 14.0. The van der Waals surface area contributed by atoms with Crippen molar-refractivity contribution in [1.82, 2.24) is 4.98 Å². The van der Waals surface area contributed by atoms with E-state index in [9.17, 15) is 0 Å². The van der Waals surface area contributed by atoms with Crippen molar-refractivity contribution in [2.45, 2.75) is 0 Å². The Hall–Kier alpha value is -1.84. The number of amidine groups is 1. The molecule has 1 aliphatic heterocycles. The lowest BCUT2D eigenvalue weighted by Gasteiger charge is -2.16. The molecule has 2 heterocycles. The van der Waals surface area contributed by atoms with Gasteiger partial charge < -0.3 is 10.5 Å². The van der Waals surface area contributed by atoms with Gasteiger partial charge in [0.2, 0.25) is 0 Å². The Balaban J connectivity index is 2.53. The molecule has 0 atom stereocenters. The Bertz CT molecular complexity index is 384. The van der Waals surface area contributed by atoms with Gasteiger partial charge in [0, 0.05) is 23.5 Å². The fourth-order valence-electron chi connectivity index (χ4n) is 1.29. The molecular formula is C9H9N3O. The van der Waals surface area contributed by atoms with Crippen LogP contribution < -0.4 is 10.5 Å². The SMILES string of the molecule is N=C(N)C1=CCOc2ccncc21. The first-order valence-electron chi connectivity index (χ1n) is 3.91. The number of hydrogen-bond donors (Lipinski definition) is 2. The van der Waals surface area contributed by atoms with Gasteiger partial charge in [0.25, 0.3) is 0 Å². The van der Waals surface area contributed by atoms with E-state index in [-0.39, 0.29) is 5.84 Å². The highest BCUT2D eigenvalue weighted by molar-refractivity contribution is 6.21. The first-order valence-corrected chi connectivity index (χ1v) is 3.91. The zero-order valence-electron chi connectivity index (χ0n) is 6.95. The molecule has 0 saturated heterocycles. The Morgan fingerprint density at radius 1 is 1.62 bits per heavy atom. The van der Waals surface area contributed by atoms with Crippen molar-refractivity contribution < 1.29 is 4.74 Å². The van der Waals surface area contributed by atoms with Crippen LogP contribution in [0.5, 0.6) is 5.75 Å². The number of pyridine rings is 1. The predicted molar refractivity (Wildman–Crippen MR) is 49.6 cm³/mol. The van der Waals surface area contributed by atoms with Gasteiger partial charge in [-0.1, -0.05) is 0 Å². The van der Waals surface area contributed by atoms with Crippen LogP contribution in [0.2, 0.25) is 0 Å². The van der Waals surface area contributed by atoms with Crippen molar-refractivity contribution in [3.63, 3.8) is 0 Å². The number of aromatic nitrogens is 1. The molecule has 0 radical (unpaired) electrons. The second-order valence-corrected chi connectivity index (χ2v) is 2.71. The van der Waals surface area contributed by atoms with Crippen LogP contribution in [0.4, 0.5) is 0 Å². The Morgan fingerprint density at radius 3 is 3.23 bits per heavy atom. The van der Waals surface area contributed by atoms with Crippen LogP contribution in [-0.4, -0.2) is 17.4 Å². The maximum atomic E-state index is 7.35. The van der Waals surface area contributed by atoms with Gasteiger partial charge in [-0.25, -0.2) is 0 Å². The number of nitrogens with one attached hydrogen (secondary N) is 1. The summed E-state index contributed by atoms with van der Waals surface area (Å²) in [6.45, 7) is 0.464. The molecule has 0 spiro atoms. The molecule has 0 aliphatic carbocycles. The average Bonchev–Trinajstić information content (AvgIpc) is 2.17. The third-order valence-corrected chi connectivity index (χ3v) is 1.89. The molecule has 4 nitrogen and oxygen atoms in total. The molecule has 0 fully saturated rings. The third-order valence-electron chi connectivity index (χ3n) is 1.89. The van der Waals surface area contributed by atoms with Gasteiger partial charge in [-0.05, 0) is 12.1 Å². The Kier molecular flexibility index (Phi) is 1.73. The molecule has 0 aromatic carbocycles. The largest absolute Gasteiger partial charge is 0.489 e. The first-order chi connectivity index (χ1) is 6.29. The summed E-state index contributed by atoms with van der Waals surface area (Å²) in [5.74, 6) is 0.792. The van der Waals surface area contributed by atoms with Crippen molar-refractivity contribution in [3.05, 3.63) is 30.1 Å². The van der Waals surface area contributed by atoms with Gasteiger partial charge in [-0.3, -0.25) is 10.4 Å². The van der Waals surface area contributed by atoms with Crippen LogP contribution in [0.1, 0.15) is 5.56 Å². The predicted octanol–water partition coefficient (Wildman–Crippen LogP) is 0.793. The standard InChI is InChI=1S/C9H9N3O/c10-9(11)6-2-4-13-8-1-3-12-5-7(6)8/h1-3,5H,4H2,(H3,10,11). The zero-order chi connectivity index (χ0) is 9.26. The lowest BCUT2D eigenvalue weighted by atomic mass is 10.0. The quantitative estimate of drug-likeness (QED) is 0.489. The fraction of sp³-hybridized carbons (Fsp3) is 0.111. The molecule has 13 heavy (non-hydrogen) atoms. The molecule has 2 rings (SSSR count). The zero-order valence-corrected chi connectivity index (χ0v) is 6.95. The van der Waals surface area contributed by atoms with Crippen molar-refractivity contribution in [1.29, 1.82) is 5.41 Å². The number of nitrogens with zero attached hydrogens (tertiary/aromatic N) is 1. The summed E-state index contributed by atoms with van der Waals surface area (Å²) in [7, 11) is 0. The van der Waals surface area contributed by atoms with E-state index in [1.54, 1.807) is 24.5 Å². The summed E-state index contributed by atoms with van der Waals surface area (Å²) in [6, 6.07) is 1.77. The third kappa shape index (κ3) is 1.26. The lowest BCUT2D eigenvalue weighted by molar-refractivity contribution is 0.357. The van der Waals surface area contributed by atoms with Crippen LogP contribution >= 0.6 is 0 Å². The molecule has 4 heteroatoms. The second-order valence-electron chi connectivity index (χ2n) is 2.71. The van der Waals surface area contributed by atoms with Gasteiger partial charge in [0.1, 0.15) is 18.2 Å². The first kappa shape index (κ1) is 7.79. The molecule has 3 N–H and O–H groups in total. The molecule has 0 bridgehead atoms. The highest BCUT2D eigenvalue weighted by Crippen LogP contribution is 2.27. The molecule has 1 aromatic heterocycles. The fourth-order valence-corrected chi connectivity index (χ4v) is 1.29. The van der Waals surface area contributed by atoms with E-state index in [0.717, 1.165) is 11.3 Å². The van der Waals surface area contributed by atoms with Gasteiger partial charge in [-0.2, -0.15) is 0 Å². The van der Waals surface area contributed by atoms with E-state index in [1.165, 1.54) is 0 Å². The molecule has 66 valence electrons. The maximum Gasteiger partial charge on any atom is 0.130 e. The second kappa shape index (κ2) is 2.90. The average molecular weight is 175 g/mol. The summed E-state index contributed by atoms with van der Waals surface area (Å²) in [6.07, 6.45) is 5.09. The highest BCUT2D eigenvalue weighted by atomic mass is 16.5. The monoisotopic (exact) mass is 175 g/mol. The van der Waals surface area contributed by atoms with Crippen LogP contribution in [0.15, 0.2) is 24.5 Å². The molecule has 1 aliphatic rings. The number of fused-ring (bicyclic) bond motifs is 1. The van der Waals surface area contributed by atoms with Crippen molar-refractivity contribution in [2.75, 3.05) is 6.61 Å². The van der Waals surface area contributed by atoms with Crippen LogP contribution in [0.25, 0.3) is 5.57 Å². The van der Waals surface area contributed by atoms with Crippen molar-refractivity contribution in [3.8, 4) is 5.75 Å². The Morgan fingerprint density at radius 2 is 2.46 bits per heavy atom. The minimum atomic E-state index is 0.0533. The van der Waals surface area contributed by atoms with Crippen molar-refractivity contribution in [2.24, 2.45) is 5.73 Å². The van der Waals surface area contributed by atoms with Gasteiger partial charge in [0.05, 0.1) is 0 Å². The lowest BCUT2D eigenvalue weighted by Crippen LogP contribution is -2.17. The topological polar surface area (TPSA) is 72.0 Å². The molecule has 0 unspecified atom stereocenters. The van der Waals surface area contributed by atoms with E-state index in [1.807, 2.05) is 0 Å². The van der Waals surface area contributed by atoms with E-state index in [2.05, 4.69) is 4.98 Å². The highest BCUT2D eigenvalue weighted by Gasteiger charge is 2.14. The molecule has 1 aromatic rings. The van der Waals surface area contributed by atoms with Gasteiger partial charge >= 0.3 is 0 Å². The van der Waals surface area contributed by atoms with E-state index in [4.69, 9.17) is 15.9 Å². The Labute approximate surface area is 75.6 Å². The molecule has 0 saturated carbocycles. The number of rotatable bonds is 1. The van der Waals surface area contributed by atoms with E-state index in [0.29, 0.717) is 12.2 Å². The summed E-state index contributed by atoms with van der Waals surface area (Å²) in [5, 5.41) is 7.35. The van der Waals surface area contributed by atoms with Crippen LogP contribution in [0.3, 0.4) is 0 Å². The van der Waals surface area contributed by atoms with E-state index >= 15 is 0 Å². The maximum absolute atomic E-state index is 7.35. The summed E-state index contributed by atoms with van der Waals surface area (Å²) in [4.78, 5) is 3.96.